The Kier molecular flexibility index (Phi) is 4.49. The molecule has 0 N–H and O–H groups in total. The summed E-state index contributed by atoms with van der Waals surface area (Å²) in [5.41, 5.74) is -2.63. The van der Waals surface area contributed by atoms with Gasteiger partial charge in [-0.2, -0.15) is 0 Å². The molecule has 0 aromatic carbocycles. The van der Waals surface area contributed by atoms with Gasteiger partial charge < -0.3 is 4.74 Å². The molecule has 6 nitrogen and oxygen atoms in total. The van der Waals surface area contributed by atoms with E-state index < -0.39 is 39.4 Å². The first-order chi connectivity index (χ1) is 8.38. The van der Waals surface area contributed by atoms with Crippen LogP contribution in [0, 0.1) is 10.1 Å². The molecule has 1 aromatic heterocycles. The molecule has 0 spiro atoms. The van der Waals surface area contributed by atoms with Crippen molar-refractivity contribution in [3.63, 3.8) is 0 Å². The van der Waals surface area contributed by atoms with E-state index in [4.69, 9.17) is 11.6 Å². The van der Waals surface area contributed by atoms with E-state index in [2.05, 4.69) is 9.72 Å². The molecule has 0 atom stereocenters. The smallest absolute Gasteiger partial charge is 0.358 e. The Bertz CT molecular complexity index is 496. The maximum absolute atomic E-state index is 12.6. The Morgan fingerprint density at radius 3 is 2.72 bits per heavy atom. The van der Waals surface area contributed by atoms with E-state index in [-0.39, 0.29) is 6.61 Å². The fourth-order valence-corrected chi connectivity index (χ4v) is 1.37. The van der Waals surface area contributed by atoms with Gasteiger partial charge in [0.05, 0.1) is 16.6 Å². The highest BCUT2D eigenvalue weighted by molar-refractivity contribution is 6.33. The molecule has 0 radical (unpaired) electrons. The van der Waals surface area contributed by atoms with Crippen LogP contribution in [-0.4, -0.2) is 22.5 Å². The fourth-order valence-electron chi connectivity index (χ4n) is 1.14. The Morgan fingerprint density at radius 2 is 2.28 bits per heavy atom. The van der Waals surface area contributed by atoms with Crippen molar-refractivity contribution < 1.29 is 23.2 Å². The van der Waals surface area contributed by atoms with Gasteiger partial charge in [0.1, 0.15) is 0 Å². The summed E-state index contributed by atoms with van der Waals surface area (Å²) in [5, 5.41) is 10.1. The highest BCUT2D eigenvalue weighted by Crippen LogP contribution is 2.31. The number of nitro groups is 1. The molecule has 1 aromatic rings. The van der Waals surface area contributed by atoms with Crippen molar-refractivity contribution in [2.45, 2.75) is 13.3 Å². The van der Waals surface area contributed by atoms with Crippen molar-refractivity contribution >= 4 is 23.3 Å². The zero-order valence-corrected chi connectivity index (χ0v) is 9.78. The third-order valence-corrected chi connectivity index (χ3v) is 2.14. The molecule has 0 saturated heterocycles. The van der Waals surface area contributed by atoms with E-state index in [0.717, 1.165) is 0 Å². The second kappa shape index (κ2) is 5.67. The third-order valence-electron chi connectivity index (χ3n) is 1.86. The van der Waals surface area contributed by atoms with Crippen molar-refractivity contribution in [1.82, 2.24) is 4.98 Å². The first kappa shape index (κ1) is 14.2. The van der Waals surface area contributed by atoms with Gasteiger partial charge in [0, 0.05) is 6.07 Å². The maximum Gasteiger partial charge on any atom is 0.358 e. The van der Waals surface area contributed by atoms with Crippen molar-refractivity contribution in [2.24, 2.45) is 0 Å². The van der Waals surface area contributed by atoms with Gasteiger partial charge in [-0.25, -0.2) is 18.6 Å². The Morgan fingerprint density at radius 1 is 1.67 bits per heavy atom. The number of pyridine rings is 1. The van der Waals surface area contributed by atoms with Crippen molar-refractivity contribution in [3.05, 3.63) is 32.6 Å². The summed E-state index contributed by atoms with van der Waals surface area (Å²) in [6, 6.07) is 0.655. The van der Waals surface area contributed by atoms with Gasteiger partial charge in [-0.05, 0) is 6.92 Å². The van der Waals surface area contributed by atoms with Gasteiger partial charge in [-0.15, -0.1) is 0 Å². The zero-order chi connectivity index (χ0) is 13.9. The second-order valence-electron chi connectivity index (χ2n) is 3.00. The lowest BCUT2D eigenvalue weighted by Crippen LogP contribution is -2.11. The molecule has 0 bridgehead atoms. The lowest BCUT2D eigenvalue weighted by atomic mass is 10.2. The van der Waals surface area contributed by atoms with Gasteiger partial charge in [-0.3, -0.25) is 10.1 Å². The molecule has 0 aliphatic carbocycles. The van der Waals surface area contributed by atoms with E-state index in [1.807, 2.05) is 0 Å². The van der Waals surface area contributed by atoms with Gasteiger partial charge >= 0.3 is 5.97 Å². The average molecular weight is 281 g/mol. The summed E-state index contributed by atoms with van der Waals surface area (Å²) in [7, 11) is 0. The van der Waals surface area contributed by atoms with Crippen molar-refractivity contribution in [2.75, 3.05) is 6.61 Å². The van der Waals surface area contributed by atoms with E-state index in [1.165, 1.54) is 6.92 Å². The van der Waals surface area contributed by atoms with Crippen LogP contribution in [0.1, 0.15) is 29.5 Å². The first-order valence-electron chi connectivity index (χ1n) is 4.68. The number of halogens is 3. The summed E-state index contributed by atoms with van der Waals surface area (Å²) >= 11 is 5.57. The van der Waals surface area contributed by atoms with Gasteiger partial charge in [-0.1, -0.05) is 11.6 Å². The number of esters is 1. The summed E-state index contributed by atoms with van der Waals surface area (Å²) in [4.78, 5) is 24.0. The summed E-state index contributed by atoms with van der Waals surface area (Å²) in [5.74, 6) is -1.01. The van der Waals surface area contributed by atoms with Gasteiger partial charge in [0.25, 0.3) is 12.1 Å². The number of nitrogens with zero attached hydrogens (tertiary/aromatic N) is 2. The van der Waals surface area contributed by atoms with Gasteiger partial charge in [0.15, 0.2) is 11.4 Å². The summed E-state index contributed by atoms with van der Waals surface area (Å²) in [6.07, 6.45) is -3.20. The molecular weight excluding hydrogens is 274 g/mol. The number of aromatic nitrogens is 1. The Hall–Kier alpha value is -1.83. The van der Waals surface area contributed by atoms with Crippen LogP contribution in [0.5, 0.6) is 0 Å². The quantitative estimate of drug-likeness (QED) is 0.481. The first-order valence-corrected chi connectivity index (χ1v) is 5.06. The summed E-state index contributed by atoms with van der Waals surface area (Å²) in [6.45, 7) is 1.50. The third kappa shape index (κ3) is 2.89. The minimum Gasteiger partial charge on any atom is -0.461 e. The van der Waals surface area contributed by atoms with Crippen LogP contribution in [0.15, 0.2) is 6.07 Å². The number of hydrogen-bond acceptors (Lipinski definition) is 5. The molecule has 0 aliphatic heterocycles. The van der Waals surface area contributed by atoms with E-state index in [1.54, 1.807) is 0 Å². The highest BCUT2D eigenvalue weighted by atomic mass is 35.5. The van der Waals surface area contributed by atoms with E-state index in [0.29, 0.717) is 6.07 Å². The van der Waals surface area contributed by atoms with Crippen molar-refractivity contribution in [1.29, 1.82) is 0 Å². The van der Waals surface area contributed by atoms with Crippen LogP contribution in [-0.2, 0) is 4.74 Å². The lowest BCUT2D eigenvalue weighted by Gasteiger charge is -2.06. The minimum absolute atomic E-state index is 0.00214. The molecular formula is C9H7ClF2N2O4. The van der Waals surface area contributed by atoms with Crippen LogP contribution in [0.3, 0.4) is 0 Å². The largest absolute Gasteiger partial charge is 0.461 e. The SMILES string of the molecule is CCOC(=O)c1nc(C(F)F)c([N+](=O)[O-])cc1Cl. The van der Waals surface area contributed by atoms with Crippen LogP contribution in [0.25, 0.3) is 0 Å². The van der Waals surface area contributed by atoms with Crippen LogP contribution in [0.2, 0.25) is 5.02 Å². The molecule has 9 heteroatoms. The predicted molar refractivity (Wildman–Crippen MR) is 56.8 cm³/mol. The molecule has 98 valence electrons. The van der Waals surface area contributed by atoms with Crippen LogP contribution >= 0.6 is 11.6 Å². The van der Waals surface area contributed by atoms with Crippen molar-refractivity contribution in [3.8, 4) is 0 Å². The minimum atomic E-state index is -3.20. The molecule has 0 fully saturated rings. The number of ether oxygens (including phenoxy) is 1. The average Bonchev–Trinajstić information content (AvgIpc) is 2.28. The predicted octanol–water partition coefficient (Wildman–Crippen LogP) is 2.76. The van der Waals surface area contributed by atoms with E-state index >= 15 is 0 Å². The normalized spacial score (nSPS) is 10.5. The second-order valence-corrected chi connectivity index (χ2v) is 3.41. The Labute approximate surface area is 105 Å². The lowest BCUT2D eigenvalue weighted by molar-refractivity contribution is -0.386. The van der Waals surface area contributed by atoms with Crippen LogP contribution < -0.4 is 0 Å². The summed E-state index contributed by atoms with van der Waals surface area (Å²) < 4.78 is 29.7. The van der Waals surface area contributed by atoms with E-state index in [9.17, 15) is 23.7 Å². The molecule has 0 amide bonds. The standard InChI is InChI=1S/C9H7ClF2N2O4/c1-2-18-9(15)6-4(10)3-5(14(16)17)7(13-6)8(11)12/h3,8H,2H2,1H3. The number of alkyl halides is 2. The number of carbonyl (C=O) groups is 1. The monoisotopic (exact) mass is 280 g/mol. The van der Waals surface area contributed by atoms with Crippen LogP contribution in [0.4, 0.5) is 14.5 Å². The topological polar surface area (TPSA) is 82.3 Å². The van der Waals surface area contributed by atoms with Gasteiger partial charge in [0.2, 0.25) is 0 Å². The molecule has 0 saturated carbocycles. The molecule has 1 heterocycles. The fraction of sp³-hybridized carbons (Fsp3) is 0.333. The zero-order valence-electron chi connectivity index (χ0n) is 9.02. The number of rotatable bonds is 4. The Balaban J connectivity index is 3.36. The highest BCUT2D eigenvalue weighted by Gasteiger charge is 2.28. The molecule has 0 aliphatic rings. The molecule has 0 unspecified atom stereocenters. The number of carbonyl (C=O) groups excluding carboxylic acids is 1. The number of hydrogen-bond donors (Lipinski definition) is 0. The molecule has 1 rings (SSSR count). The molecule has 18 heavy (non-hydrogen) atoms. The maximum atomic E-state index is 12.6.